The van der Waals surface area contributed by atoms with Gasteiger partial charge in [0, 0.05) is 18.2 Å². The Morgan fingerprint density at radius 3 is 2.14 bits per heavy atom. The average molecular weight is 408 g/mol. The monoisotopic (exact) mass is 407 g/mol. The maximum absolute atomic E-state index is 11.9. The van der Waals surface area contributed by atoms with Crippen LogP contribution in [0.2, 0.25) is 0 Å². The van der Waals surface area contributed by atoms with Crippen molar-refractivity contribution < 1.29 is 9.53 Å². The summed E-state index contributed by atoms with van der Waals surface area (Å²) in [5, 5.41) is 3.36. The summed E-state index contributed by atoms with van der Waals surface area (Å²) in [5.74, 6) is 0.707. The Hall–Kier alpha value is -1.82. The predicted octanol–water partition coefficient (Wildman–Crippen LogP) is 5.71. The highest BCUT2D eigenvalue weighted by Gasteiger charge is 2.03. The number of amides is 1. The van der Waals surface area contributed by atoms with Crippen LogP contribution in [0.1, 0.15) is 84.0 Å². The number of anilines is 1. The van der Waals surface area contributed by atoms with Crippen LogP contribution in [0.3, 0.4) is 0 Å². The van der Waals surface area contributed by atoms with Gasteiger partial charge in [0.25, 0.3) is 0 Å². The van der Waals surface area contributed by atoms with E-state index in [1.807, 2.05) is 24.3 Å². The number of nitrogens with one attached hydrogen (secondary N) is 3. The zero-order chi connectivity index (χ0) is 20.5. The quantitative estimate of drug-likeness (QED) is 0.209. The number of methoxy groups -OCH3 is 1. The molecule has 28 heavy (non-hydrogen) atoms. The largest absolute Gasteiger partial charge is 0.497 e. The zero-order valence-electron chi connectivity index (χ0n) is 17.5. The summed E-state index contributed by atoms with van der Waals surface area (Å²) in [4.78, 5) is 11.9. The molecular formula is C22H37N3O2S. The number of carbonyl (C=O) groups excluding carboxylic acids is 1. The molecule has 0 atom stereocenters. The molecular weight excluding hydrogens is 370 g/mol. The van der Waals surface area contributed by atoms with Gasteiger partial charge < -0.3 is 10.1 Å². The summed E-state index contributed by atoms with van der Waals surface area (Å²) in [6.07, 6.45) is 14.5. The molecule has 0 radical (unpaired) electrons. The van der Waals surface area contributed by atoms with Crippen molar-refractivity contribution in [3.8, 4) is 5.75 Å². The summed E-state index contributed by atoms with van der Waals surface area (Å²) >= 11 is 5.18. The minimum atomic E-state index is -0.0364. The molecule has 1 amide bonds. The molecule has 0 heterocycles. The zero-order valence-corrected chi connectivity index (χ0v) is 18.3. The van der Waals surface area contributed by atoms with Gasteiger partial charge in [-0.25, -0.2) is 0 Å². The van der Waals surface area contributed by atoms with Crippen LogP contribution < -0.4 is 20.9 Å². The van der Waals surface area contributed by atoms with E-state index < -0.39 is 0 Å². The van der Waals surface area contributed by atoms with E-state index in [0.717, 1.165) is 24.3 Å². The molecule has 0 saturated heterocycles. The molecule has 0 saturated carbocycles. The van der Waals surface area contributed by atoms with Gasteiger partial charge in [-0.15, -0.1) is 0 Å². The van der Waals surface area contributed by atoms with Crippen molar-refractivity contribution in [3.05, 3.63) is 24.3 Å². The summed E-state index contributed by atoms with van der Waals surface area (Å²) in [6.45, 7) is 2.25. The van der Waals surface area contributed by atoms with Crippen molar-refractivity contribution in [3.63, 3.8) is 0 Å². The van der Waals surface area contributed by atoms with Gasteiger partial charge in [0.05, 0.1) is 7.11 Å². The standard InChI is InChI=1S/C22H37N3O2S/c1-3-4-5-6-7-8-9-10-11-12-13-17-21(26)24-25-22(28)23-19-15-14-16-20(18-19)27-2/h14-16,18H,3-13,17H2,1-2H3,(H,24,26)(H2,23,25,28). The molecule has 1 aromatic carbocycles. The fourth-order valence-corrected chi connectivity index (χ4v) is 3.17. The van der Waals surface area contributed by atoms with Gasteiger partial charge in [-0.2, -0.15) is 0 Å². The van der Waals surface area contributed by atoms with Crippen LogP contribution in [0.5, 0.6) is 5.75 Å². The van der Waals surface area contributed by atoms with E-state index in [1.165, 1.54) is 57.8 Å². The van der Waals surface area contributed by atoms with Gasteiger partial charge in [0.2, 0.25) is 5.91 Å². The number of rotatable bonds is 14. The fraction of sp³-hybridized carbons (Fsp3) is 0.636. The van der Waals surface area contributed by atoms with Crippen molar-refractivity contribution in [2.45, 2.75) is 84.0 Å². The van der Waals surface area contributed by atoms with Crippen LogP contribution in [0.15, 0.2) is 24.3 Å². The molecule has 0 aromatic heterocycles. The van der Waals surface area contributed by atoms with Gasteiger partial charge in [0.15, 0.2) is 5.11 Å². The molecule has 1 rings (SSSR count). The van der Waals surface area contributed by atoms with Crippen molar-refractivity contribution in [1.29, 1.82) is 0 Å². The molecule has 5 nitrogen and oxygen atoms in total. The highest BCUT2D eigenvalue weighted by molar-refractivity contribution is 7.80. The number of carbonyl (C=O) groups is 1. The minimum Gasteiger partial charge on any atom is -0.497 e. The van der Waals surface area contributed by atoms with E-state index in [0.29, 0.717) is 11.5 Å². The van der Waals surface area contributed by atoms with Crippen molar-refractivity contribution in [1.82, 2.24) is 10.9 Å². The van der Waals surface area contributed by atoms with Crippen LogP contribution in [0, 0.1) is 0 Å². The van der Waals surface area contributed by atoms with E-state index in [9.17, 15) is 4.79 Å². The van der Waals surface area contributed by atoms with Gasteiger partial charge in [-0.05, 0) is 30.8 Å². The Morgan fingerprint density at radius 2 is 1.54 bits per heavy atom. The van der Waals surface area contributed by atoms with E-state index in [1.54, 1.807) is 7.11 Å². The van der Waals surface area contributed by atoms with Crippen LogP contribution in [-0.2, 0) is 4.79 Å². The summed E-state index contributed by atoms with van der Waals surface area (Å²) < 4.78 is 5.17. The topological polar surface area (TPSA) is 62.4 Å². The number of hydrazine groups is 1. The average Bonchev–Trinajstić information content (AvgIpc) is 2.70. The van der Waals surface area contributed by atoms with E-state index in [-0.39, 0.29) is 5.91 Å². The Labute approximate surface area is 176 Å². The Kier molecular flexibility index (Phi) is 14.0. The molecule has 0 aliphatic rings. The van der Waals surface area contributed by atoms with E-state index in [2.05, 4.69) is 23.1 Å². The Morgan fingerprint density at radius 1 is 0.929 bits per heavy atom. The normalized spacial score (nSPS) is 10.4. The summed E-state index contributed by atoms with van der Waals surface area (Å²) in [6, 6.07) is 7.44. The van der Waals surface area contributed by atoms with Crippen LogP contribution in [-0.4, -0.2) is 18.1 Å². The molecule has 1 aromatic rings. The van der Waals surface area contributed by atoms with Crippen molar-refractivity contribution in [2.75, 3.05) is 12.4 Å². The first-order valence-electron chi connectivity index (χ1n) is 10.7. The first-order valence-corrected chi connectivity index (χ1v) is 11.1. The number of ether oxygens (including phenoxy) is 1. The molecule has 0 aliphatic heterocycles. The molecule has 6 heteroatoms. The molecule has 0 bridgehead atoms. The van der Waals surface area contributed by atoms with Crippen molar-refractivity contribution >= 4 is 28.9 Å². The minimum absolute atomic E-state index is 0.0364. The first kappa shape index (κ1) is 24.2. The number of hydrogen-bond donors (Lipinski definition) is 3. The second-order valence-corrected chi connectivity index (χ2v) is 7.55. The maximum Gasteiger partial charge on any atom is 0.238 e. The lowest BCUT2D eigenvalue weighted by Crippen LogP contribution is -2.43. The van der Waals surface area contributed by atoms with E-state index in [4.69, 9.17) is 17.0 Å². The summed E-state index contributed by atoms with van der Waals surface area (Å²) in [7, 11) is 1.62. The maximum atomic E-state index is 11.9. The van der Waals surface area contributed by atoms with Gasteiger partial charge in [-0.1, -0.05) is 77.2 Å². The molecule has 0 aliphatic carbocycles. The van der Waals surface area contributed by atoms with Crippen LogP contribution in [0.4, 0.5) is 5.69 Å². The lowest BCUT2D eigenvalue weighted by atomic mass is 10.1. The second kappa shape index (κ2) is 16.2. The number of benzene rings is 1. The third kappa shape index (κ3) is 12.5. The third-order valence-corrected chi connectivity index (χ3v) is 4.85. The summed E-state index contributed by atoms with van der Waals surface area (Å²) in [5.41, 5.74) is 6.18. The van der Waals surface area contributed by atoms with Gasteiger partial charge >= 0.3 is 0 Å². The molecule has 0 unspecified atom stereocenters. The smallest absolute Gasteiger partial charge is 0.238 e. The third-order valence-electron chi connectivity index (χ3n) is 4.65. The van der Waals surface area contributed by atoms with Crippen molar-refractivity contribution in [2.24, 2.45) is 0 Å². The molecule has 158 valence electrons. The first-order chi connectivity index (χ1) is 13.7. The van der Waals surface area contributed by atoms with Crippen LogP contribution in [0.25, 0.3) is 0 Å². The lowest BCUT2D eigenvalue weighted by molar-refractivity contribution is -0.121. The highest BCUT2D eigenvalue weighted by Crippen LogP contribution is 2.16. The second-order valence-electron chi connectivity index (χ2n) is 7.14. The Balaban J connectivity index is 1.98. The highest BCUT2D eigenvalue weighted by atomic mass is 32.1. The fourth-order valence-electron chi connectivity index (χ4n) is 3.00. The number of hydrogen-bond acceptors (Lipinski definition) is 3. The van der Waals surface area contributed by atoms with Gasteiger partial charge in [-0.3, -0.25) is 15.6 Å². The predicted molar refractivity (Wildman–Crippen MR) is 122 cm³/mol. The number of thiocarbonyl (C=S) groups is 1. The van der Waals surface area contributed by atoms with Crippen LogP contribution >= 0.6 is 12.2 Å². The molecule has 0 fully saturated rings. The number of unbranched alkanes of at least 4 members (excludes halogenated alkanes) is 10. The van der Waals surface area contributed by atoms with E-state index >= 15 is 0 Å². The SMILES string of the molecule is CCCCCCCCCCCCCC(=O)NNC(=S)Nc1cccc(OC)c1. The molecule has 3 N–H and O–H groups in total. The molecule has 0 spiro atoms. The lowest BCUT2D eigenvalue weighted by Gasteiger charge is -2.12. The van der Waals surface area contributed by atoms with Gasteiger partial charge in [0.1, 0.15) is 5.75 Å². The Bertz CT molecular complexity index is 566.